The summed E-state index contributed by atoms with van der Waals surface area (Å²) >= 11 is 0. The van der Waals surface area contributed by atoms with E-state index in [0.29, 0.717) is 11.4 Å². The smallest absolute Gasteiger partial charge is 0.506 e. The standard InChI is InChI=1S/C19H13N5O6.C4H10.Sn/c25-18-6-4-14(23(27)28)8-16(18)20-10-12-2-1-3-13(22-12)11-21-17-9-15(24(29)30)5-7-19(17)26;1-3-4-2;/h1-11,25-26H;3-4H2,1-2H3;/q;;+4. The molecule has 0 amide bonds. The molecule has 12 heteroatoms. The fourth-order valence-electron chi connectivity index (χ4n) is 2.34. The van der Waals surface area contributed by atoms with Crippen LogP contribution in [0.2, 0.25) is 0 Å². The van der Waals surface area contributed by atoms with Gasteiger partial charge in [0.25, 0.3) is 11.4 Å². The number of nitro benzene ring substituents is 2. The number of aromatic nitrogens is 1. The number of unbranched alkanes of at least 4 members (excludes halogenated alkanes) is 1. The van der Waals surface area contributed by atoms with Crippen LogP contribution in [0.15, 0.2) is 64.6 Å². The second kappa shape index (κ2) is 14.4. The zero-order valence-corrected chi connectivity index (χ0v) is 21.9. The molecule has 2 N–H and O–H groups in total. The van der Waals surface area contributed by atoms with Gasteiger partial charge in [0.15, 0.2) is 0 Å². The summed E-state index contributed by atoms with van der Waals surface area (Å²) in [5.41, 5.74) is 0.315. The van der Waals surface area contributed by atoms with Gasteiger partial charge in [-0.05, 0) is 24.3 Å². The Morgan fingerprint density at radius 3 is 1.54 bits per heavy atom. The monoisotopic (exact) mass is 585 g/mol. The molecule has 0 unspecified atom stereocenters. The number of benzene rings is 2. The molecule has 0 fully saturated rings. The van der Waals surface area contributed by atoms with Crippen molar-refractivity contribution in [2.24, 2.45) is 9.98 Å². The van der Waals surface area contributed by atoms with Crippen LogP contribution in [0.3, 0.4) is 0 Å². The number of nitrogens with zero attached hydrogens (tertiary/aromatic N) is 5. The van der Waals surface area contributed by atoms with E-state index >= 15 is 0 Å². The molecular weight excluding hydrogens is 561 g/mol. The third kappa shape index (κ3) is 9.12. The molecule has 0 atom stereocenters. The average molecular weight is 584 g/mol. The molecule has 1 heterocycles. The van der Waals surface area contributed by atoms with Crippen LogP contribution in [0.25, 0.3) is 0 Å². The van der Waals surface area contributed by atoms with Gasteiger partial charge < -0.3 is 10.2 Å². The van der Waals surface area contributed by atoms with Crippen LogP contribution in [-0.2, 0) is 0 Å². The average Bonchev–Trinajstić information content (AvgIpc) is 2.83. The van der Waals surface area contributed by atoms with Crippen LogP contribution in [0.1, 0.15) is 38.1 Å². The molecule has 3 aromatic rings. The maximum atomic E-state index is 10.8. The SMILES string of the molecule is CCCC.O=[N+]([O-])c1ccc(O)c(N=Cc2cccc(C=Nc3cc([N+](=O)[O-])ccc3O)n2)c1.[Sn+4]. The summed E-state index contributed by atoms with van der Waals surface area (Å²) in [6.45, 7) is 4.36. The molecule has 0 saturated carbocycles. The Morgan fingerprint density at radius 2 is 1.20 bits per heavy atom. The number of phenols is 2. The van der Waals surface area contributed by atoms with Gasteiger partial charge in [-0.3, -0.25) is 30.2 Å². The van der Waals surface area contributed by atoms with Crippen LogP contribution in [0, 0.1) is 20.2 Å². The van der Waals surface area contributed by atoms with Crippen molar-refractivity contribution in [3.8, 4) is 11.5 Å². The van der Waals surface area contributed by atoms with Gasteiger partial charge in [0.1, 0.15) is 22.9 Å². The minimum Gasteiger partial charge on any atom is -0.506 e. The van der Waals surface area contributed by atoms with Gasteiger partial charge >= 0.3 is 23.9 Å². The number of non-ortho nitro benzene ring substituents is 2. The Hall–Kier alpha value is -3.87. The number of nitro groups is 2. The first kappa shape index (κ1) is 29.2. The Kier molecular flexibility index (Phi) is 12.0. The molecule has 35 heavy (non-hydrogen) atoms. The van der Waals surface area contributed by atoms with Crippen molar-refractivity contribution in [1.29, 1.82) is 0 Å². The van der Waals surface area contributed by atoms with E-state index in [-0.39, 0.29) is 58.2 Å². The number of pyridine rings is 1. The first-order valence-corrected chi connectivity index (χ1v) is 10.2. The van der Waals surface area contributed by atoms with Crippen LogP contribution in [0.4, 0.5) is 22.7 Å². The van der Waals surface area contributed by atoms with Crippen molar-refractivity contribution in [1.82, 2.24) is 4.98 Å². The first-order chi connectivity index (χ1) is 16.2. The fraction of sp³-hybridized carbons (Fsp3) is 0.174. The quantitative estimate of drug-likeness (QED) is 0.166. The Bertz CT molecular complexity index is 1140. The second-order valence-corrected chi connectivity index (χ2v) is 6.86. The fourth-order valence-corrected chi connectivity index (χ4v) is 2.34. The molecule has 11 nitrogen and oxygen atoms in total. The van der Waals surface area contributed by atoms with Gasteiger partial charge in [-0.1, -0.05) is 32.8 Å². The molecule has 3 rings (SSSR count). The summed E-state index contributed by atoms with van der Waals surface area (Å²) in [7, 11) is 0. The Labute approximate surface area is 218 Å². The van der Waals surface area contributed by atoms with Crippen molar-refractivity contribution in [3.63, 3.8) is 0 Å². The van der Waals surface area contributed by atoms with Gasteiger partial charge in [-0.25, -0.2) is 4.98 Å². The minimum atomic E-state index is -0.600. The van der Waals surface area contributed by atoms with Crippen LogP contribution in [0.5, 0.6) is 11.5 Å². The molecule has 0 saturated heterocycles. The third-order valence-corrected chi connectivity index (χ3v) is 4.30. The molecular formula is C23H23N5O6Sn+4. The van der Waals surface area contributed by atoms with Crippen molar-refractivity contribution in [3.05, 3.63) is 86.2 Å². The van der Waals surface area contributed by atoms with Crippen molar-refractivity contribution < 1.29 is 20.1 Å². The van der Waals surface area contributed by atoms with Gasteiger partial charge in [0, 0.05) is 24.3 Å². The van der Waals surface area contributed by atoms with E-state index in [1.54, 1.807) is 18.2 Å². The topological polar surface area (TPSA) is 164 Å². The number of hydrogen-bond donors (Lipinski definition) is 2. The van der Waals surface area contributed by atoms with E-state index in [1.165, 1.54) is 37.4 Å². The maximum absolute atomic E-state index is 10.8. The van der Waals surface area contributed by atoms with Crippen molar-refractivity contribution in [2.75, 3.05) is 0 Å². The van der Waals surface area contributed by atoms with E-state index < -0.39 is 9.85 Å². The van der Waals surface area contributed by atoms with Crippen molar-refractivity contribution >= 4 is 59.1 Å². The van der Waals surface area contributed by atoms with Crippen molar-refractivity contribution in [2.45, 2.75) is 26.7 Å². The van der Waals surface area contributed by atoms with E-state index in [2.05, 4.69) is 28.8 Å². The second-order valence-electron chi connectivity index (χ2n) is 6.86. The first-order valence-electron chi connectivity index (χ1n) is 10.2. The van der Waals surface area contributed by atoms with E-state index in [4.69, 9.17) is 0 Å². The van der Waals surface area contributed by atoms with Crippen LogP contribution >= 0.6 is 0 Å². The summed E-state index contributed by atoms with van der Waals surface area (Å²) in [5, 5.41) is 41.3. The van der Waals surface area contributed by atoms with Gasteiger partial charge in [0.05, 0.1) is 33.7 Å². The van der Waals surface area contributed by atoms with Gasteiger partial charge in [-0.15, -0.1) is 0 Å². The summed E-state index contributed by atoms with van der Waals surface area (Å²) in [6.07, 6.45) is 5.25. The number of aromatic hydroxyl groups is 2. The minimum absolute atomic E-state index is 0. The van der Waals surface area contributed by atoms with E-state index in [0.717, 1.165) is 24.3 Å². The normalized spacial score (nSPS) is 10.5. The predicted octanol–water partition coefficient (Wildman–Crippen LogP) is 5.24. The number of aliphatic imine (C=N–C) groups is 2. The predicted molar refractivity (Wildman–Crippen MR) is 135 cm³/mol. The zero-order valence-electron chi connectivity index (χ0n) is 19.0. The molecule has 0 spiro atoms. The van der Waals surface area contributed by atoms with E-state index in [9.17, 15) is 30.4 Å². The Balaban J connectivity index is 0.00000114. The summed E-state index contributed by atoms with van der Waals surface area (Å²) in [4.78, 5) is 32.8. The number of hydrogen-bond acceptors (Lipinski definition) is 9. The molecule has 0 aliphatic heterocycles. The number of rotatable bonds is 7. The van der Waals surface area contributed by atoms with Gasteiger partial charge in [-0.2, -0.15) is 0 Å². The molecule has 0 aliphatic rings. The molecule has 2 aromatic carbocycles. The largest absolute Gasteiger partial charge is 4.00 e. The molecule has 0 aliphatic carbocycles. The Morgan fingerprint density at radius 1 is 0.800 bits per heavy atom. The maximum Gasteiger partial charge on any atom is 4.00 e. The summed E-state index contributed by atoms with van der Waals surface area (Å²) < 4.78 is 0. The zero-order chi connectivity index (χ0) is 25.1. The molecule has 1 aromatic heterocycles. The molecule has 0 radical (unpaired) electrons. The van der Waals surface area contributed by atoms with Gasteiger partial charge in [0.2, 0.25) is 0 Å². The van der Waals surface area contributed by atoms with Crippen LogP contribution < -0.4 is 0 Å². The molecule has 176 valence electrons. The third-order valence-electron chi connectivity index (χ3n) is 4.30. The number of phenolic OH excluding ortho intramolecular Hbond substituents is 2. The van der Waals surface area contributed by atoms with E-state index in [1.807, 2.05) is 0 Å². The van der Waals surface area contributed by atoms with Crippen LogP contribution in [-0.4, -0.2) is 61.4 Å². The molecule has 0 bridgehead atoms. The summed E-state index contributed by atoms with van der Waals surface area (Å²) in [6, 6.07) is 11.8. The summed E-state index contributed by atoms with van der Waals surface area (Å²) in [5.74, 6) is -0.452.